The second kappa shape index (κ2) is 8.26. The van der Waals surface area contributed by atoms with Gasteiger partial charge in [0.2, 0.25) is 11.8 Å². The first-order chi connectivity index (χ1) is 13.0. The van der Waals surface area contributed by atoms with Crippen molar-refractivity contribution in [1.82, 2.24) is 14.5 Å². The molecule has 0 atom stereocenters. The third-order valence-electron chi connectivity index (χ3n) is 4.36. The van der Waals surface area contributed by atoms with Crippen molar-refractivity contribution >= 4 is 34.6 Å². The van der Waals surface area contributed by atoms with Gasteiger partial charge in [-0.25, -0.2) is 4.98 Å². The van der Waals surface area contributed by atoms with Crippen molar-refractivity contribution in [2.75, 3.05) is 13.3 Å². The lowest BCUT2D eigenvalue weighted by Crippen LogP contribution is -2.30. The van der Waals surface area contributed by atoms with E-state index >= 15 is 0 Å². The first-order valence-corrected chi connectivity index (χ1v) is 9.94. The summed E-state index contributed by atoms with van der Waals surface area (Å²) in [5, 5.41) is 0. The van der Waals surface area contributed by atoms with Gasteiger partial charge < -0.3 is 15.2 Å². The Balaban J connectivity index is 1.79. The largest absolute Gasteiger partial charge is 0.366 e. The maximum Gasteiger partial charge on any atom is 0.248 e. The fourth-order valence-corrected chi connectivity index (χ4v) is 3.46. The number of hydrogen-bond acceptors (Lipinski definition) is 4. The number of imidazole rings is 1. The molecule has 140 valence electrons. The second-order valence-corrected chi connectivity index (χ2v) is 7.22. The Morgan fingerprint density at radius 1 is 1.19 bits per heavy atom. The average molecular weight is 382 g/mol. The van der Waals surface area contributed by atoms with Crippen molar-refractivity contribution in [1.29, 1.82) is 0 Å². The van der Waals surface area contributed by atoms with E-state index in [-0.39, 0.29) is 12.5 Å². The molecule has 0 fully saturated rings. The number of rotatable bonds is 7. The fraction of sp³-hybridized carbons (Fsp3) is 0.250. The van der Waals surface area contributed by atoms with Crippen molar-refractivity contribution in [3.63, 3.8) is 0 Å². The van der Waals surface area contributed by atoms with Crippen LogP contribution in [0.4, 0.5) is 0 Å². The van der Waals surface area contributed by atoms with Crippen LogP contribution >= 0.6 is 11.8 Å². The minimum atomic E-state index is -0.475. The molecule has 0 radical (unpaired) electrons. The quantitative estimate of drug-likeness (QED) is 0.681. The Morgan fingerprint density at radius 3 is 2.70 bits per heavy atom. The van der Waals surface area contributed by atoms with Crippen LogP contribution in [0.1, 0.15) is 21.7 Å². The van der Waals surface area contributed by atoms with Gasteiger partial charge in [0.1, 0.15) is 12.4 Å². The number of amides is 2. The molecule has 0 saturated heterocycles. The van der Waals surface area contributed by atoms with Crippen LogP contribution in [0.25, 0.3) is 11.0 Å². The molecule has 3 rings (SSSR count). The highest BCUT2D eigenvalue weighted by atomic mass is 32.2. The van der Waals surface area contributed by atoms with Crippen molar-refractivity contribution in [3.05, 3.63) is 65.5 Å². The third-order valence-corrected chi connectivity index (χ3v) is 4.90. The van der Waals surface area contributed by atoms with Gasteiger partial charge in [-0.3, -0.25) is 9.59 Å². The molecule has 0 unspecified atom stereocenters. The first kappa shape index (κ1) is 19.0. The second-order valence-electron chi connectivity index (χ2n) is 6.35. The lowest BCUT2D eigenvalue weighted by molar-refractivity contribution is -0.131. The number of para-hydroxylation sites is 2. The Hall–Kier alpha value is -2.80. The minimum Gasteiger partial charge on any atom is -0.366 e. The van der Waals surface area contributed by atoms with Crippen molar-refractivity contribution in [2.24, 2.45) is 5.73 Å². The molecule has 2 aromatic carbocycles. The zero-order valence-corrected chi connectivity index (χ0v) is 16.2. The molecule has 1 aromatic heterocycles. The Kier molecular flexibility index (Phi) is 5.81. The van der Waals surface area contributed by atoms with E-state index < -0.39 is 5.91 Å². The van der Waals surface area contributed by atoms with E-state index in [1.165, 1.54) is 0 Å². The van der Waals surface area contributed by atoms with Gasteiger partial charge in [-0.2, -0.15) is 11.8 Å². The topological polar surface area (TPSA) is 81.2 Å². The third kappa shape index (κ3) is 4.31. The molecule has 0 aliphatic heterocycles. The molecular weight excluding hydrogens is 360 g/mol. The summed E-state index contributed by atoms with van der Waals surface area (Å²) < 4.78 is 1.98. The number of carbonyl (C=O) groups is 2. The number of fused-ring (bicyclic) bond motifs is 1. The molecule has 3 aromatic rings. The van der Waals surface area contributed by atoms with Crippen LogP contribution in [0.15, 0.2) is 48.5 Å². The van der Waals surface area contributed by atoms with Crippen molar-refractivity contribution < 1.29 is 9.59 Å². The fourth-order valence-electron chi connectivity index (χ4n) is 2.98. The predicted octanol–water partition coefficient (Wildman–Crippen LogP) is 2.66. The summed E-state index contributed by atoms with van der Waals surface area (Å²) in [5.74, 6) is 1.13. The number of likely N-dealkylation sites (N-methyl/N-ethyl adjacent to an activating group) is 1. The van der Waals surface area contributed by atoms with Gasteiger partial charge in [-0.05, 0) is 36.1 Å². The zero-order chi connectivity index (χ0) is 19.4. The van der Waals surface area contributed by atoms with Crippen LogP contribution in [-0.2, 0) is 23.6 Å². The Labute approximate surface area is 162 Å². The summed E-state index contributed by atoms with van der Waals surface area (Å²) in [7, 11) is 1.76. The van der Waals surface area contributed by atoms with Gasteiger partial charge in [0.25, 0.3) is 0 Å². The number of carbonyl (C=O) groups excluding carboxylic acids is 2. The van der Waals surface area contributed by atoms with Gasteiger partial charge in [-0.1, -0.05) is 24.3 Å². The van der Waals surface area contributed by atoms with E-state index in [1.54, 1.807) is 41.9 Å². The van der Waals surface area contributed by atoms with Gasteiger partial charge in [0.05, 0.1) is 16.8 Å². The lowest BCUT2D eigenvalue weighted by Gasteiger charge is -2.19. The molecule has 6 nitrogen and oxygen atoms in total. The normalized spacial score (nSPS) is 10.9. The number of hydrogen-bond donors (Lipinski definition) is 1. The Morgan fingerprint density at radius 2 is 1.96 bits per heavy atom. The van der Waals surface area contributed by atoms with Crippen LogP contribution in [0.5, 0.6) is 0 Å². The van der Waals surface area contributed by atoms with E-state index in [4.69, 9.17) is 5.73 Å². The van der Waals surface area contributed by atoms with E-state index in [0.29, 0.717) is 12.1 Å². The van der Waals surface area contributed by atoms with Gasteiger partial charge in [0.15, 0.2) is 0 Å². The zero-order valence-electron chi connectivity index (χ0n) is 15.4. The standard InChI is InChI=1S/C20H22N4O2S/c1-23(11-14-6-5-7-15(10-14)20(21)26)19(25)12-24-17-9-4-3-8-16(17)22-18(24)13-27-2/h3-10H,11-13H2,1-2H3,(H2,21,26). The summed E-state index contributed by atoms with van der Waals surface area (Å²) in [6.45, 7) is 0.632. The SMILES string of the molecule is CSCc1nc2ccccc2n1CC(=O)N(C)Cc1cccc(C(N)=O)c1. The molecule has 0 aliphatic rings. The molecule has 2 N–H and O–H groups in total. The van der Waals surface area contributed by atoms with Crippen molar-refractivity contribution in [3.8, 4) is 0 Å². The van der Waals surface area contributed by atoms with Crippen LogP contribution in [0, 0.1) is 0 Å². The number of aromatic nitrogens is 2. The van der Waals surface area contributed by atoms with Crippen LogP contribution in [0.3, 0.4) is 0 Å². The van der Waals surface area contributed by atoms with Gasteiger partial charge in [-0.15, -0.1) is 0 Å². The monoisotopic (exact) mass is 382 g/mol. The highest BCUT2D eigenvalue weighted by molar-refractivity contribution is 7.97. The summed E-state index contributed by atoms with van der Waals surface area (Å²) in [6.07, 6.45) is 2.02. The molecule has 7 heteroatoms. The molecule has 0 spiro atoms. The molecular formula is C20H22N4O2S. The molecule has 2 amide bonds. The highest BCUT2D eigenvalue weighted by Crippen LogP contribution is 2.19. The van der Waals surface area contributed by atoms with E-state index in [2.05, 4.69) is 4.98 Å². The molecule has 0 bridgehead atoms. The summed E-state index contributed by atoms with van der Waals surface area (Å²) in [4.78, 5) is 30.5. The number of primary amides is 1. The van der Waals surface area contributed by atoms with Crippen LogP contribution < -0.4 is 5.73 Å². The molecule has 1 heterocycles. The van der Waals surface area contributed by atoms with Gasteiger partial charge in [0, 0.05) is 19.2 Å². The van der Waals surface area contributed by atoms with Crippen LogP contribution in [-0.4, -0.2) is 39.6 Å². The van der Waals surface area contributed by atoms with E-state index in [0.717, 1.165) is 28.2 Å². The molecule has 27 heavy (non-hydrogen) atoms. The van der Waals surface area contributed by atoms with E-state index in [9.17, 15) is 9.59 Å². The number of benzene rings is 2. The summed E-state index contributed by atoms with van der Waals surface area (Å²) in [6, 6.07) is 14.9. The van der Waals surface area contributed by atoms with Crippen molar-refractivity contribution in [2.45, 2.75) is 18.8 Å². The lowest BCUT2D eigenvalue weighted by atomic mass is 10.1. The average Bonchev–Trinajstić information content (AvgIpc) is 2.99. The summed E-state index contributed by atoms with van der Waals surface area (Å²) >= 11 is 1.67. The molecule has 0 saturated carbocycles. The maximum absolute atomic E-state index is 12.8. The van der Waals surface area contributed by atoms with E-state index in [1.807, 2.05) is 41.2 Å². The maximum atomic E-state index is 12.8. The summed E-state index contributed by atoms with van der Waals surface area (Å²) in [5.41, 5.74) is 8.49. The predicted molar refractivity (Wildman–Crippen MR) is 108 cm³/mol. The number of nitrogens with zero attached hydrogens (tertiary/aromatic N) is 3. The minimum absolute atomic E-state index is 0.0232. The number of thioether (sulfide) groups is 1. The van der Waals surface area contributed by atoms with Crippen LogP contribution in [0.2, 0.25) is 0 Å². The molecule has 0 aliphatic carbocycles. The first-order valence-electron chi connectivity index (χ1n) is 8.55. The van der Waals surface area contributed by atoms with Gasteiger partial charge >= 0.3 is 0 Å². The smallest absolute Gasteiger partial charge is 0.248 e. The number of nitrogens with two attached hydrogens (primary N) is 1. The Bertz CT molecular complexity index is 983. The highest BCUT2D eigenvalue weighted by Gasteiger charge is 2.16.